The molecule has 0 saturated heterocycles. The number of primary amides is 1. The summed E-state index contributed by atoms with van der Waals surface area (Å²) in [5.74, 6) is 0.463. The molecule has 0 aliphatic heterocycles. The summed E-state index contributed by atoms with van der Waals surface area (Å²) < 4.78 is 5.65. The first-order chi connectivity index (χ1) is 9.88. The standard InChI is InChI=1S/C16H32N2O3/c1-11(2)8-12(3)21-10-15(19)9-18-14-6-4-13(5-7-14)16(17)20/h11-15,18-19H,4-10H2,1-3H3,(H2,17,20). The maximum atomic E-state index is 11.1. The number of ether oxygens (including phenoxy) is 1. The molecule has 1 amide bonds. The summed E-state index contributed by atoms with van der Waals surface area (Å²) in [5, 5.41) is 13.3. The highest BCUT2D eigenvalue weighted by Crippen LogP contribution is 2.23. The number of amides is 1. The van der Waals surface area contributed by atoms with E-state index in [4.69, 9.17) is 10.5 Å². The number of hydrogen-bond acceptors (Lipinski definition) is 4. The van der Waals surface area contributed by atoms with Gasteiger partial charge in [-0.1, -0.05) is 13.8 Å². The number of nitrogens with two attached hydrogens (primary N) is 1. The summed E-state index contributed by atoms with van der Waals surface area (Å²) in [4.78, 5) is 11.1. The molecule has 0 aromatic heterocycles. The first-order valence-corrected chi connectivity index (χ1v) is 8.20. The third-order valence-corrected chi connectivity index (χ3v) is 4.15. The zero-order valence-electron chi connectivity index (χ0n) is 13.7. The lowest BCUT2D eigenvalue weighted by atomic mass is 9.85. The lowest BCUT2D eigenvalue weighted by Gasteiger charge is -2.28. The first kappa shape index (κ1) is 18.4. The van der Waals surface area contributed by atoms with Crippen LogP contribution in [0.25, 0.3) is 0 Å². The quantitative estimate of drug-likeness (QED) is 0.601. The van der Waals surface area contributed by atoms with Gasteiger partial charge >= 0.3 is 0 Å². The van der Waals surface area contributed by atoms with Crippen LogP contribution in [-0.2, 0) is 9.53 Å². The van der Waals surface area contributed by atoms with Gasteiger partial charge in [0.2, 0.25) is 5.91 Å². The Morgan fingerprint density at radius 2 is 1.90 bits per heavy atom. The molecule has 2 atom stereocenters. The van der Waals surface area contributed by atoms with E-state index in [1.807, 2.05) is 6.92 Å². The maximum absolute atomic E-state index is 11.1. The average molecular weight is 300 g/mol. The Kier molecular flexibility index (Phi) is 8.22. The lowest BCUT2D eigenvalue weighted by Crippen LogP contribution is -2.41. The zero-order chi connectivity index (χ0) is 15.8. The number of nitrogens with one attached hydrogen (secondary N) is 1. The molecule has 1 saturated carbocycles. The van der Waals surface area contributed by atoms with Gasteiger partial charge in [0.25, 0.3) is 0 Å². The highest BCUT2D eigenvalue weighted by atomic mass is 16.5. The summed E-state index contributed by atoms with van der Waals surface area (Å²) in [7, 11) is 0. The van der Waals surface area contributed by atoms with Crippen LogP contribution in [0.4, 0.5) is 0 Å². The van der Waals surface area contributed by atoms with Crippen molar-refractivity contribution in [1.29, 1.82) is 0 Å². The van der Waals surface area contributed by atoms with Gasteiger partial charge in [0.15, 0.2) is 0 Å². The molecule has 0 spiro atoms. The van der Waals surface area contributed by atoms with Crippen LogP contribution in [0.5, 0.6) is 0 Å². The zero-order valence-corrected chi connectivity index (χ0v) is 13.7. The minimum atomic E-state index is -0.478. The van der Waals surface area contributed by atoms with Gasteiger partial charge in [-0.3, -0.25) is 4.79 Å². The topological polar surface area (TPSA) is 84.6 Å². The SMILES string of the molecule is CC(C)CC(C)OCC(O)CNC1CCC(C(N)=O)CC1. The third-order valence-electron chi connectivity index (χ3n) is 4.15. The summed E-state index contributed by atoms with van der Waals surface area (Å²) in [6, 6.07) is 0.378. The Morgan fingerprint density at radius 3 is 2.43 bits per heavy atom. The van der Waals surface area contributed by atoms with Crippen LogP contribution < -0.4 is 11.1 Å². The molecule has 0 radical (unpaired) electrons. The Labute approximate surface area is 128 Å². The molecule has 21 heavy (non-hydrogen) atoms. The fourth-order valence-electron chi connectivity index (χ4n) is 2.95. The normalized spacial score (nSPS) is 25.8. The maximum Gasteiger partial charge on any atom is 0.220 e. The molecule has 2 unspecified atom stereocenters. The smallest absolute Gasteiger partial charge is 0.220 e. The molecule has 4 N–H and O–H groups in total. The molecule has 0 heterocycles. The fraction of sp³-hybridized carbons (Fsp3) is 0.938. The largest absolute Gasteiger partial charge is 0.389 e. The van der Waals surface area contributed by atoms with Crippen LogP contribution in [0.2, 0.25) is 0 Å². The summed E-state index contributed by atoms with van der Waals surface area (Å²) in [6.45, 7) is 7.30. The van der Waals surface area contributed by atoms with Crippen LogP contribution in [-0.4, -0.2) is 42.4 Å². The predicted molar refractivity (Wildman–Crippen MR) is 83.8 cm³/mol. The van der Waals surface area contributed by atoms with Gasteiger partial charge in [0.05, 0.1) is 18.8 Å². The molecule has 0 bridgehead atoms. The van der Waals surface area contributed by atoms with E-state index in [0.29, 0.717) is 25.1 Å². The van der Waals surface area contributed by atoms with Crippen molar-refractivity contribution >= 4 is 5.91 Å². The van der Waals surface area contributed by atoms with E-state index in [1.165, 1.54) is 0 Å². The Balaban J connectivity index is 2.11. The number of hydrogen-bond donors (Lipinski definition) is 3. The molecule has 0 aromatic carbocycles. The third kappa shape index (κ3) is 7.79. The molecular weight excluding hydrogens is 268 g/mol. The Hall–Kier alpha value is -0.650. The van der Waals surface area contributed by atoms with Crippen molar-refractivity contribution < 1.29 is 14.6 Å². The molecule has 5 nitrogen and oxygen atoms in total. The number of aliphatic hydroxyl groups is 1. The number of aliphatic hydroxyl groups excluding tert-OH is 1. The van der Waals surface area contributed by atoms with Crippen molar-refractivity contribution in [3.63, 3.8) is 0 Å². The van der Waals surface area contributed by atoms with Crippen LogP contribution in [0, 0.1) is 11.8 Å². The van der Waals surface area contributed by atoms with E-state index in [9.17, 15) is 9.90 Å². The molecule has 5 heteroatoms. The predicted octanol–water partition coefficient (Wildman–Crippen LogP) is 1.43. The summed E-state index contributed by atoms with van der Waals surface area (Å²) >= 11 is 0. The molecule has 1 rings (SSSR count). The van der Waals surface area contributed by atoms with Crippen LogP contribution in [0.3, 0.4) is 0 Å². The van der Waals surface area contributed by atoms with E-state index in [-0.39, 0.29) is 17.9 Å². The van der Waals surface area contributed by atoms with E-state index >= 15 is 0 Å². The van der Waals surface area contributed by atoms with Crippen molar-refractivity contribution in [3.8, 4) is 0 Å². The van der Waals surface area contributed by atoms with Crippen LogP contribution in [0.1, 0.15) is 52.9 Å². The highest BCUT2D eigenvalue weighted by molar-refractivity contribution is 5.76. The molecule has 1 fully saturated rings. The van der Waals surface area contributed by atoms with Crippen molar-refractivity contribution in [2.75, 3.05) is 13.2 Å². The van der Waals surface area contributed by atoms with E-state index in [2.05, 4.69) is 19.2 Å². The van der Waals surface area contributed by atoms with Gasteiger partial charge in [-0.2, -0.15) is 0 Å². The van der Waals surface area contributed by atoms with Gasteiger partial charge in [-0.05, 0) is 44.9 Å². The van der Waals surface area contributed by atoms with Gasteiger partial charge in [0.1, 0.15) is 0 Å². The van der Waals surface area contributed by atoms with Gasteiger partial charge in [0, 0.05) is 18.5 Å². The van der Waals surface area contributed by atoms with Gasteiger partial charge in [-0.15, -0.1) is 0 Å². The molecule has 0 aromatic rings. The van der Waals surface area contributed by atoms with Crippen molar-refractivity contribution in [2.45, 2.75) is 71.1 Å². The van der Waals surface area contributed by atoms with E-state index in [1.54, 1.807) is 0 Å². The molecular formula is C16H32N2O3. The van der Waals surface area contributed by atoms with Crippen LogP contribution in [0.15, 0.2) is 0 Å². The van der Waals surface area contributed by atoms with Crippen molar-refractivity contribution in [3.05, 3.63) is 0 Å². The minimum absolute atomic E-state index is 0.0354. The average Bonchev–Trinajstić information content (AvgIpc) is 2.42. The van der Waals surface area contributed by atoms with Crippen LogP contribution >= 0.6 is 0 Å². The minimum Gasteiger partial charge on any atom is -0.389 e. The Bertz CT molecular complexity index is 302. The van der Waals surface area contributed by atoms with Gasteiger partial charge in [-0.25, -0.2) is 0 Å². The second-order valence-corrected chi connectivity index (χ2v) is 6.79. The van der Waals surface area contributed by atoms with E-state index in [0.717, 1.165) is 32.1 Å². The van der Waals surface area contributed by atoms with Gasteiger partial charge < -0.3 is 20.9 Å². The first-order valence-electron chi connectivity index (χ1n) is 8.20. The second-order valence-electron chi connectivity index (χ2n) is 6.79. The monoisotopic (exact) mass is 300 g/mol. The van der Waals surface area contributed by atoms with Crippen molar-refractivity contribution in [2.24, 2.45) is 17.6 Å². The lowest BCUT2D eigenvalue weighted by molar-refractivity contribution is -0.122. The van der Waals surface area contributed by atoms with E-state index < -0.39 is 6.10 Å². The number of rotatable bonds is 9. The summed E-state index contributed by atoms with van der Waals surface area (Å²) in [5.41, 5.74) is 5.32. The molecule has 1 aliphatic rings. The second kappa shape index (κ2) is 9.38. The highest BCUT2D eigenvalue weighted by Gasteiger charge is 2.24. The molecule has 1 aliphatic carbocycles. The summed E-state index contributed by atoms with van der Waals surface area (Å²) in [6.07, 6.45) is 4.32. The number of carbonyl (C=O) groups excluding carboxylic acids is 1. The van der Waals surface area contributed by atoms with Crippen molar-refractivity contribution in [1.82, 2.24) is 5.32 Å². The number of carbonyl (C=O) groups is 1. The molecule has 124 valence electrons. The Morgan fingerprint density at radius 1 is 1.29 bits per heavy atom. The fourth-order valence-corrected chi connectivity index (χ4v) is 2.95.